The molecule has 0 amide bonds. The molecular formula is C22H20Br2N4O3. The lowest BCUT2D eigenvalue weighted by atomic mass is 10.1. The Morgan fingerprint density at radius 3 is 2.77 bits per heavy atom. The molecule has 0 aliphatic heterocycles. The van der Waals surface area contributed by atoms with Crippen LogP contribution in [0.5, 0.6) is 11.5 Å². The van der Waals surface area contributed by atoms with E-state index in [2.05, 4.69) is 37.0 Å². The van der Waals surface area contributed by atoms with Gasteiger partial charge >= 0.3 is 0 Å². The van der Waals surface area contributed by atoms with Crippen molar-refractivity contribution in [2.75, 3.05) is 13.7 Å². The highest BCUT2D eigenvalue weighted by molar-refractivity contribution is 9.10. The van der Waals surface area contributed by atoms with Gasteiger partial charge in [0, 0.05) is 10.4 Å². The first-order valence-corrected chi connectivity index (χ1v) is 11.1. The first kappa shape index (κ1) is 23.0. The summed E-state index contributed by atoms with van der Waals surface area (Å²) in [5.41, 5.74) is 1.08. The van der Waals surface area contributed by atoms with Gasteiger partial charge < -0.3 is 9.47 Å². The molecule has 0 radical (unpaired) electrons. The van der Waals surface area contributed by atoms with Crippen LogP contribution in [0, 0.1) is 11.3 Å². The maximum atomic E-state index is 13.2. The number of nitriles is 1. The van der Waals surface area contributed by atoms with E-state index in [1.165, 1.54) is 11.8 Å². The summed E-state index contributed by atoms with van der Waals surface area (Å²) in [6, 6.07) is 10.9. The molecule has 0 spiro atoms. The minimum atomic E-state index is -0.238. The number of fused-ring (bicyclic) bond motifs is 1. The molecule has 0 saturated heterocycles. The number of methoxy groups -OCH3 is 1. The highest BCUT2D eigenvalue weighted by Gasteiger charge is 2.16. The lowest BCUT2D eigenvalue weighted by Crippen LogP contribution is -2.23. The standard InChI is InChI=1S/C22H20Br2N4O3/c1-4-13(2)21-27-18-6-5-15(23)11-16(18)22(29)28(21)26-12-14-9-17(24)20(31-8-7-25)19(10-14)30-3/h5-6,9-13H,4,8H2,1-3H3/t13-/m0/s1. The van der Waals surface area contributed by atoms with E-state index in [0.29, 0.717) is 38.3 Å². The summed E-state index contributed by atoms with van der Waals surface area (Å²) in [5, 5.41) is 13.7. The first-order valence-electron chi connectivity index (χ1n) is 9.53. The van der Waals surface area contributed by atoms with Crippen molar-refractivity contribution in [2.24, 2.45) is 5.10 Å². The minimum Gasteiger partial charge on any atom is -0.493 e. The fourth-order valence-corrected chi connectivity index (χ4v) is 3.90. The number of nitrogens with zero attached hydrogens (tertiary/aromatic N) is 4. The van der Waals surface area contributed by atoms with E-state index in [9.17, 15) is 4.79 Å². The second-order valence-corrected chi connectivity index (χ2v) is 8.55. The topological polar surface area (TPSA) is 89.5 Å². The molecule has 1 atom stereocenters. The van der Waals surface area contributed by atoms with Gasteiger partial charge in [-0.25, -0.2) is 4.98 Å². The summed E-state index contributed by atoms with van der Waals surface area (Å²) < 4.78 is 13.6. The van der Waals surface area contributed by atoms with Crippen LogP contribution in [-0.2, 0) is 0 Å². The Bertz CT molecular complexity index is 1250. The van der Waals surface area contributed by atoms with Crippen molar-refractivity contribution >= 4 is 49.0 Å². The molecule has 0 N–H and O–H groups in total. The predicted molar refractivity (Wildman–Crippen MR) is 127 cm³/mol. The van der Waals surface area contributed by atoms with E-state index in [-0.39, 0.29) is 18.1 Å². The summed E-state index contributed by atoms with van der Waals surface area (Å²) in [7, 11) is 1.51. The molecule has 3 rings (SSSR count). The van der Waals surface area contributed by atoms with Gasteiger partial charge in [-0.15, -0.1) is 0 Å². The number of benzene rings is 2. The normalized spacial score (nSPS) is 12.1. The van der Waals surface area contributed by atoms with Crippen molar-refractivity contribution in [1.82, 2.24) is 9.66 Å². The third-order valence-corrected chi connectivity index (χ3v) is 5.82. The molecule has 7 nitrogen and oxygen atoms in total. The van der Waals surface area contributed by atoms with E-state index in [1.54, 1.807) is 24.4 Å². The van der Waals surface area contributed by atoms with Crippen LogP contribution >= 0.6 is 31.9 Å². The number of aromatic nitrogens is 2. The Morgan fingerprint density at radius 1 is 1.32 bits per heavy atom. The molecule has 160 valence electrons. The minimum absolute atomic E-state index is 0.0425. The second kappa shape index (κ2) is 10.1. The number of hydrogen-bond acceptors (Lipinski definition) is 6. The molecule has 0 saturated carbocycles. The fraction of sp³-hybridized carbons (Fsp3) is 0.273. The van der Waals surface area contributed by atoms with Gasteiger partial charge in [0.25, 0.3) is 5.56 Å². The van der Waals surface area contributed by atoms with Gasteiger partial charge in [0.15, 0.2) is 18.1 Å². The summed E-state index contributed by atoms with van der Waals surface area (Å²) in [4.78, 5) is 17.9. The van der Waals surface area contributed by atoms with Crippen LogP contribution in [0.4, 0.5) is 0 Å². The Labute approximate surface area is 196 Å². The van der Waals surface area contributed by atoms with Crippen molar-refractivity contribution < 1.29 is 9.47 Å². The molecule has 1 heterocycles. The molecule has 1 aromatic heterocycles. The zero-order valence-electron chi connectivity index (χ0n) is 17.2. The van der Waals surface area contributed by atoms with Gasteiger partial charge in [-0.1, -0.05) is 29.8 Å². The Morgan fingerprint density at radius 2 is 2.10 bits per heavy atom. The predicted octanol–water partition coefficient (Wildman–Crippen LogP) is 5.23. The van der Waals surface area contributed by atoms with Crippen LogP contribution in [0.25, 0.3) is 10.9 Å². The largest absolute Gasteiger partial charge is 0.493 e. The summed E-state index contributed by atoms with van der Waals surface area (Å²) in [6.45, 7) is 3.95. The van der Waals surface area contributed by atoms with Crippen molar-refractivity contribution in [1.29, 1.82) is 5.26 Å². The maximum absolute atomic E-state index is 13.2. The second-order valence-electron chi connectivity index (χ2n) is 6.78. The Hall–Kier alpha value is -2.70. The molecule has 0 unspecified atom stereocenters. The molecule has 0 aliphatic rings. The molecule has 31 heavy (non-hydrogen) atoms. The van der Waals surface area contributed by atoms with Gasteiger partial charge in [0.1, 0.15) is 11.9 Å². The van der Waals surface area contributed by atoms with Gasteiger partial charge in [-0.2, -0.15) is 15.0 Å². The monoisotopic (exact) mass is 546 g/mol. The fourth-order valence-electron chi connectivity index (χ4n) is 2.96. The quantitative estimate of drug-likeness (QED) is 0.378. The Balaban J connectivity index is 2.12. The number of rotatable bonds is 7. The van der Waals surface area contributed by atoms with Crippen LogP contribution in [-0.4, -0.2) is 29.6 Å². The van der Waals surface area contributed by atoms with Gasteiger partial charge in [-0.05, 0) is 58.2 Å². The van der Waals surface area contributed by atoms with Crippen molar-refractivity contribution in [3.8, 4) is 17.6 Å². The third kappa shape index (κ3) is 4.97. The highest BCUT2D eigenvalue weighted by atomic mass is 79.9. The van der Waals surface area contributed by atoms with Crippen LogP contribution < -0.4 is 15.0 Å². The molecule has 9 heteroatoms. The zero-order chi connectivity index (χ0) is 22.5. The van der Waals surface area contributed by atoms with E-state index < -0.39 is 0 Å². The van der Waals surface area contributed by atoms with E-state index in [0.717, 1.165) is 10.9 Å². The smallest absolute Gasteiger partial charge is 0.282 e. The highest BCUT2D eigenvalue weighted by Crippen LogP contribution is 2.36. The maximum Gasteiger partial charge on any atom is 0.282 e. The van der Waals surface area contributed by atoms with E-state index >= 15 is 0 Å². The van der Waals surface area contributed by atoms with Crippen molar-refractivity contribution in [3.63, 3.8) is 0 Å². The molecule has 2 aromatic carbocycles. The first-order chi connectivity index (χ1) is 14.9. The van der Waals surface area contributed by atoms with Crippen molar-refractivity contribution in [2.45, 2.75) is 26.2 Å². The lowest BCUT2D eigenvalue weighted by molar-refractivity contribution is 0.327. The molecule has 3 aromatic rings. The summed E-state index contributed by atoms with van der Waals surface area (Å²) in [5.74, 6) is 1.51. The van der Waals surface area contributed by atoms with Crippen LogP contribution in [0.15, 0.2) is 49.2 Å². The molecule has 0 aliphatic carbocycles. The SMILES string of the molecule is CC[C@H](C)c1nc2ccc(Br)cc2c(=O)n1N=Cc1cc(Br)c(OCC#N)c(OC)c1. The van der Waals surface area contributed by atoms with Gasteiger partial charge in [-0.3, -0.25) is 4.79 Å². The average Bonchev–Trinajstić information content (AvgIpc) is 2.77. The number of ether oxygens (including phenoxy) is 2. The number of halogens is 2. The third-order valence-electron chi connectivity index (χ3n) is 4.74. The molecule has 0 fully saturated rings. The van der Waals surface area contributed by atoms with E-state index in [1.807, 2.05) is 32.0 Å². The van der Waals surface area contributed by atoms with Crippen LogP contribution in [0.2, 0.25) is 0 Å². The van der Waals surface area contributed by atoms with Crippen LogP contribution in [0.1, 0.15) is 37.6 Å². The number of hydrogen-bond donors (Lipinski definition) is 0. The van der Waals surface area contributed by atoms with E-state index in [4.69, 9.17) is 19.7 Å². The zero-order valence-corrected chi connectivity index (χ0v) is 20.4. The van der Waals surface area contributed by atoms with Crippen molar-refractivity contribution in [3.05, 3.63) is 61.0 Å². The van der Waals surface area contributed by atoms with Gasteiger partial charge in [0.05, 0.1) is 28.7 Å². The average molecular weight is 548 g/mol. The molecular weight excluding hydrogens is 528 g/mol. The molecule has 0 bridgehead atoms. The van der Waals surface area contributed by atoms with Gasteiger partial charge in [0.2, 0.25) is 0 Å². The summed E-state index contributed by atoms with van der Waals surface area (Å²) in [6.07, 6.45) is 2.38. The Kier molecular flexibility index (Phi) is 7.46. The summed E-state index contributed by atoms with van der Waals surface area (Å²) >= 11 is 6.85. The van der Waals surface area contributed by atoms with Crippen LogP contribution in [0.3, 0.4) is 0 Å². The lowest BCUT2D eigenvalue weighted by Gasteiger charge is -2.14.